The Balaban J connectivity index is 2.04. The number of likely N-dealkylation sites (tertiary alicyclic amines) is 1. The molecule has 0 aromatic heterocycles. The topological polar surface area (TPSA) is 66.8 Å². The van der Waals surface area contributed by atoms with Crippen molar-refractivity contribution in [2.75, 3.05) is 13.1 Å². The van der Waals surface area contributed by atoms with Gasteiger partial charge in [0.2, 0.25) is 0 Å². The first-order valence-electron chi connectivity index (χ1n) is 7.98. The number of ether oxygens (including phenoxy) is 1. The summed E-state index contributed by atoms with van der Waals surface area (Å²) in [6.07, 6.45) is 4.78. The Morgan fingerprint density at radius 1 is 1.14 bits per heavy atom. The lowest BCUT2D eigenvalue weighted by Gasteiger charge is -2.40. The summed E-state index contributed by atoms with van der Waals surface area (Å²) in [4.78, 5) is 25.4. The molecule has 1 aliphatic carbocycles. The number of carbonyl (C=O) groups is 2. The van der Waals surface area contributed by atoms with E-state index in [9.17, 15) is 14.7 Å². The lowest BCUT2D eigenvalue weighted by molar-refractivity contribution is -0.147. The Labute approximate surface area is 126 Å². The van der Waals surface area contributed by atoms with Gasteiger partial charge in [-0.05, 0) is 39.0 Å². The second-order valence-electron chi connectivity index (χ2n) is 7.37. The van der Waals surface area contributed by atoms with Crippen LogP contribution < -0.4 is 0 Å². The monoisotopic (exact) mass is 297 g/mol. The Kier molecular flexibility index (Phi) is 4.79. The van der Waals surface area contributed by atoms with Crippen molar-refractivity contribution in [1.82, 2.24) is 4.90 Å². The standard InChI is InChI=1S/C16H27NO4/c1-16(2,3)21-15(20)17-9-8-12(14(18)19)13(10-17)11-6-4-5-7-11/h11-13H,4-10H2,1-3H3,(H,18,19)/t12-,13-/m0/s1. The average molecular weight is 297 g/mol. The molecule has 1 amide bonds. The van der Waals surface area contributed by atoms with Crippen LogP contribution in [0.1, 0.15) is 52.9 Å². The van der Waals surface area contributed by atoms with Gasteiger partial charge >= 0.3 is 12.1 Å². The Morgan fingerprint density at radius 3 is 2.29 bits per heavy atom. The number of aliphatic carboxylic acids is 1. The maximum Gasteiger partial charge on any atom is 0.410 e. The zero-order valence-corrected chi connectivity index (χ0v) is 13.3. The van der Waals surface area contributed by atoms with Crippen LogP contribution in [0.3, 0.4) is 0 Å². The summed E-state index contributed by atoms with van der Waals surface area (Å²) in [5, 5.41) is 9.45. The molecular weight excluding hydrogens is 270 g/mol. The Morgan fingerprint density at radius 2 is 1.76 bits per heavy atom. The van der Waals surface area contributed by atoms with Crippen LogP contribution in [0.25, 0.3) is 0 Å². The van der Waals surface area contributed by atoms with Gasteiger partial charge in [0.1, 0.15) is 5.60 Å². The van der Waals surface area contributed by atoms with E-state index in [1.165, 1.54) is 12.8 Å². The number of piperidine rings is 1. The number of hydrogen-bond donors (Lipinski definition) is 1. The molecular formula is C16H27NO4. The van der Waals surface area contributed by atoms with Gasteiger partial charge in [0.15, 0.2) is 0 Å². The summed E-state index contributed by atoms with van der Waals surface area (Å²) in [6.45, 7) is 6.56. The SMILES string of the molecule is CC(C)(C)OC(=O)N1CC[C@H](C(=O)O)[C@H](C2CCCC2)C1. The highest BCUT2D eigenvalue weighted by molar-refractivity contribution is 5.72. The number of hydrogen-bond acceptors (Lipinski definition) is 3. The van der Waals surface area contributed by atoms with Gasteiger partial charge in [0.05, 0.1) is 5.92 Å². The molecule has 2 atom stereocenters. The summed E-state index contributed by atoms with van der Waals surface area (Å²) in [5.74, 6) is -0.509. The summed E-state index contributed by atoms with van der Waals surface area (Å²) < 4.78 is 5.42. The molecule has 1 saturated carbocycles. The fraction of sp³-hybridized carbons (Fsp3) is 0.875. The largest absolute Gasteiger partial charge is 0.481 e. The van der Waals surface area contributed by atoms with Crippen molar-refractivity contribution in [1.29, 1.82) is 0 Å². The summed E-state index contributed by atoms with van der Waals surface area (Å²) in [7, 11) is 0. The van der Waals surface area contributed by atoms with Gasteiger partial charge < -0.3 is 14.7 Å². The highest BCUT2D eigenvalue weighted by atomic mass is 16.6. The molecule has 1 aliphatic heterocycles. The third-order valence-electron chi connectivity index (χ3n) is 4.63. The number of carboxylic acids is 1. The average Bonchev–Trinajstić information content (AvgIpc) is 2.89. The number of amides is 1. The minimum absolute atomic E-state index is 0.0752. The summed E-state index contributed by atoms with van der Waals surface area (Å²) in [6, 6.07) is 0. The van der Waals surface area contributed by atoms with Crippen molar-refractivity contribution >= 4 is 12.1 Å². The van der Waals surface area contributed by atoms with Crippen molar-refractivity contribution in [3.63, 3.8) is 0 Å². The fourth-order valence-corrected chi connectivity index (χ4v) is 3.64. The van der Waals surface area contributed by atoms with Crippen LogP contribution in [0, 0.1) is 17.8 Å². The van der Waals surface area contributed by atoms with Crippen molar-refractivity contribution in [3.8, 4) is 0 Å². The maximum absolute atomic E-state index is 12.2. The van der Waals surface area contributed by atoms with E-state index in [0.717, 1.165) is 12.8 Å². The van der Waals surface area contributed by atoms with Crippen LogP contribution in [0.4, 0.5) is 4.79 Å². The Hall–Kier alpha value is -1.26. The Bertz CT molecular complexity index is 396. The van der Waals surface area contributed by atoms with Crippen LogP contribution in [-0.2, 0) is 9.53 Å². The molecule has 1 saturated heterocycles. The molecule has 5 heteroatoms. The lowest BCUT2D eigenvalue weighted by atomic mass is 9.76. The molecule has 1 N–H and O–H groups in total. The van der Waals surface area contributed by atoms with E-state index < -0.39 is 11.6 Å². The molecule has 120 valence electrons. The predicted octanol–water partition coefficient (Wildman–Crippen LogP) is 3.13. The van der Waals surface area contributed by atoms with Crippen LogP contribution in [0.2, 0.25) is 0 Å². The quantitative estimate of drug-likeness (QED) is 0.850. The van der Waals surface area contributed by atoms with Crippen LogP contribution in [0.5, 0.6) is 0 Å². The van der Waals surface area contributed by atoms with E-state index in [1.807, 2.05) is 20.8 Å². The number of carboxylic acid groups (broad SMARTS) is 1. The van der Waals surface area contributed by atoms with E-state index in [-0.39, 0.29) is 17.9 Å². The molecule has 2 fully saturated rings. The molecule has 21 heavy (non-hydrogen) atoms. The van der Waals surface area contributed by atoms with E-state index >= 15 is 0 Å². The van der Waals surface area contributed by atoms with Crippen molar-refractivity contribution in [2.45, 2.75) is 58.5 Å². The van der Waals surface area contributed by atoms with E-state index in [2.05, 4.69) is 0 Å². The van der Waals surface area contributed by atoms with Crippen molar-refractivity contribution in [2.24, 2.45) is 17.8 Å². The molecule has 0 aromatic rings. The molecule has 2 aliphatic rings. The smallest absolute Gasteiger partial charge is 0.410 e. The summed E-state index contributed by atoms with van der Waals surface area (Å²) >= 11 is 0. The van der Waals surface area contributed by atoms with Crippen LogP contribution >= 0.6 is 0 Å². The molecule has 5 nitrogen and oxygen atoms in total. The highest BCUT2D eigenvalue weighted by Crippen LogP contribution is 2.39. The van der Waals surface area contributed by atoms with E-state index in [4.69, 9.17) is 4.74 Å². The second kappa shape index (κ2) is 6.24. The van der Waals surface area contributed by atoms with Gasteiger partial charge in [-0.15, -0.1) is 0 Å². The summed E-state index contributed by atoms with van der Waals surface area (Å²) in [5.41, 5.74) is -0.510. The number of rotatable bonds is 2. The van der Waals surface area contributed by atoms with Gasteiger partial charge in [-0.1, -0.05) is 25.7 Å². The van der Waals surface area contributed by atoms with Gasteiger partial charge in [0.25, 0.3) is 0 Å². The van der Waals surface area contributed by atoms with Gasteiger partial charge in [-0.2, -0.15) is 0 Å². The highest BCUT2D eigenvalue weighted by Gasteiger charge is 2.41. The molecule has 2 rings (SSSR count). The van der Waals surface area contributed by atoms with Gasteiger partial charge in [-0.3, -0.25) is 4.79 Å². The molecule has 0 radical (unpaired) electrons. The van der Waals surface area contributed by atoms with E-state index in [1.54, 1.807) is 4.90 Å². The maximum atomic E-state index is 12.2. The normalized spacial score (nSPS) is 27.7. The molecule has 0 unspecified atom stereocenters. The molecule has 1 heterocycles. The van der Waals surface area contributed by atoms with Gasteiger partial charge in [-0.25, -0.2) is 4.79 Å². The van der Waals surface area contributed by atoms with Crippen LogP contribution in [0.15, 0.2) is 0 Å². The molecule has 0 bridgehead atoms. The third kappa shape index (κ3) is 4.11. The number of nitrogens with zero attached hydrogens (tertiary/aromatic N) is 1. The second-order valence-corrected chi connectivity index (χ2v) is 7.37. The minimum Gasteiger partial charge on any atom is -0.481 e. The number of carbonyl (C=O) groups excluding carboxylic acids is 1. The van der Waals surface area contributed by atoms with Crippen LogP contribution in [-0.4, -0.2) is 40.8 Å². The first-order chi connectivity index (χ1) is 9.78. The third-order valence-corrected chi connectivity index (χ3v) is 4.63. The van der Waals surface area contributed by atoms with Crippen molar-refractivity contribution < 1.29 is 19.4 Å². The predicted molar refractivity (Wildman–Crippen MR) is 79.0 cm³/mol. The first kappa shape index (κ1) is 16.1. The minimum atomic E-state index is -0.712. The molecule has 0 aromatic carbocycles. The molecule has 0 spiro atoms. The zero-order valence-electron chi connectivity index (χ0n) is 13.3. The first-order valence-corrected chi connectivity index (χ1v) is 7.98. The lowest BCUT2D eigenvalue weighted by Crippen LogP contribution is -2.49. The zero-order chi connectivity index (χ0) is 15.6. The van der Waals surface area contributed by atoms with E-state index in [0.29, 0.717) is 25.4 Å². The van der Waals surface area contributed by atoms with Gasteiger partial charge in [0, 0.05) is 13.1 Å². The van der Waals surface area contributed by atoms with Crippen molar-refractivity contribution in [3.05, 3.63) is 0 Å². The fourth-order valence-electron chi connectivity index (χ4n) is 3.64.